The molecule has 0 bridgehead atoms. The Morgan fingerprint density at radius 3 is 1.85 bits per heavy atom. The normalized spacial score (nSPS) is 13.4. The lowest BCUT2D eigenvalue weighted by atomic mass is 10.1. The number of hydrogen-bond donors (Lipinski definition) is 0. The lowest BCUT2D eigenvalue weighted by Crippen LogP contribution is -2.68. The zero-order valence-electron chi connectivity index (χ0n) is 20.7. The Bertz CT molecular complexity index is 1000. The molecular formula is C30H37NO2Si. The number of benzene rings is 3. The fraction of sp³-hybridized carbons (Fsp3) is 0.300. The maximum Gasteiger partial charge on any atom is 0.262 e. The van der Waals surface area contributed by atoms with E-state index in [0.717, 1.165) is 29.6 Å². The minimum Gasteiger partial charge on any atom is -0.624 e. The monoisotopic (exact) mass is 471 g/mol. The van der Waals surface area contributed by atoms with Gasteiger partial charge in [-0.3, -0.25) is 0 Å². The largest absolute Gasteiger partial charge is 0.624 e. The van der Waals surface area contributed by atoms with Crippen LogP contribution in [0.2, 0.25) is 5.04 Å². The molecule has 4 heteroatoms. The molecule has 0 fully saturated rings. The summed E-state index contributed by atoms with van der Waals surface area (Å²) in [5.74, 6) is 0. The number of unbranched alkanes of at least 4 members (excludes halogenated alkanes) is 1. The molecule has 3 nitrogen and oxygen atoms in total. The Hall–Kier alpha value is -2.95. The van der Waals surface area contributed by atoms with Gasteiger partial charge in [0.2, 0.25) is 0 Å². The molecule has 3 aromatic carbocycles. The maximum atomic E-state index is 13.0. The zero-order valence-corrected chi connectivity index (χ0v) is 21.7. The molecule has 0 N–H and O–H groups in total. The van der Waals surface area contributed by atoms with Gasteiger partial charge >= 0.3 is 0 Å². The van der Waals surface area contributed by atoms with Gasteiger partial charge in [-0.15, -0.1) is 6.58 Å². The Labute approximate surface area is 206 Å². The van der Waals surface area contributed by atoms with Crippen molar-refractivity contribution >= 4 is 24.9 Å². The van der Waals surface area contributed by atoms with E-state index in [1.165, 1.54) is 10.4 Å². The molecule has 0 heterocycles. The summed E-state index contributed by atoms with van der Waals surface area (Å²) >= 11 is 0. The molecule has 0 aliphatic heterocycles. The average molecular weight is 472 g/mol. The smallest absolute Gasteiger partial charge is 0.262 e. The van der Waals surface area contributed by atoms with Crippen LogP contribution in [0, 0.1) is 5.21 Å². The second kappa shape index (κ2) is 12.0. The SMILES string of the molecule is C=CCCC[C@@H](/C=[N+](\[O-])Cc1ccccc1)O[Si](c1ccccc1)(c1ccccc1)C(C)(C)C. The number of nitrogens with zero attached hydrogens (tertiary/aromatic N) is 1. The summed E-state index contributed by atoms with van der Waals surface area (Å²) in [6, 6.07) is 31.0. The molecule has 0 saturated carbocycles. The molecule has 178 valence electrons. The van der Waals surface area contributed by atoms with Crippen molar-refractivity contribution in [2.45, 2.75) is 57.7 Å². The summed E-state index contributed by atoms with van der Waals surface area (Å²) in [6.07, 6.45) is 5.96. The van der Waals surface area contributed by atoms with Crippen LogP contribution < -0.4 is 10.4 Å². The molecule has 1 atom stereocenters. The third-order valence-corrected chi connectivity index (χ3v) is 11.2. The second-order valence-corrected chi connectivity index (χ2v) is 14.0. The summed E-state index contributed by atoms with van der Waals surface area (Å²) in [7, 11) is -2.75. The van der Waals surface area contributed by atoms with E-state index in [2.05, 4.69) is 75.9 Å². The summed E-state index contributed by atoms with van der Waals surface area (Å²) < 4.78 is 8.27. The van der Waals surface area contributed by atoms with Crippen LogP contribution in [-0.2, 0) is 11.0 Å². The van der Waals surface area contributed by atoms with E-state index < -0.39 is 8.32 Å². The van der Waals surface area contributed by atoms with Gasteiger partial charge in [0.05, 0.1) is 0 Å². The van der Waals surface area contributed by atoms with Crippen molar-refractivity contribution in [1.82, 2.24) is 0 Å². The molecule has 0 aliphatic rings. The van der Waals surface area contributed by atoms with Crippen LogP contribution in [-0.4, -0.2) is 25.4 Å². The van der Waals surface area contributed by atoms with Crippen molar-refractivity contribution in [2.24, 2.45) is 0 Å². The number of hydroxylamine groups is 1. The van der Waals surface area contributed by atoms with Gasteiger partial charge in [-0.1, -0.05) is 118 Å². The third kappa shape index (κ3) is 6.34. The Morgan fingerprint density at radius 2 is 1.38 bits per heavy atom. The summed E-state index contributed by atoms with van der Waals surface area (Å²) in [4.78, 5) is 0. The van der Waals surface area contributed by atoms with E-state index >= 15 is 0 Å². The summed E-state index contributed by atoms with van der Waals surface area (Å²) in [6.45, 7) is 11.0. The topological polar surface area (TPSA) is 35.3 Å². The van der Waals surface area contributed by atoms with E-state index in [9.17, 15) is 5.21 Å². The van der Waals surface area contributed by atoms with Crippen LogP contribution in [0.25, 0.3) is 0 Å². The molecule has 0 aliphatic carbocycles. The minimum absolute atomic E-state index is 0.145. The first-order valence-electron chi connectivity index (χ1n) is 12.1. The van der Waals surface area contributed by atoms with Gasteiger partial charge in [0.1, 0.15) is 6.10 Å². The Kier molecular flexibility index (Phi) is 9.03. The molecule has 0 amide bonds. The Morgan fingerprint density at radius 1 is 0.882 bits per heavy atom. The van der Waals surface area contributed by atoms with Gasteiger partial charge in [-0.2, -0.15) is 0 Å². The quantitative estimate of drug-likeness (QED) is 0.0647. The molecule has 0 radical (unpaired) electrons. The number of hydrogen-bond acceptors (Lipinski definition) is 2. The minimum atomic E-state index is -2.75. The first kappa shape index (κ1) is 25.7. The predicted octanol–water partition coefficient (Wildman–Crippen LogP) is 6.07. The van der Waals surface area contributed by atoms with Crippen LogP contribution in [0.1, 0.15) is 45.6 Å². The van der Waals surface area contributed by atoms with Crippen LogP contribution >= 0.6 is 0 Å². The highest BCUT2D eigenvalue weighted by atomic mass is 28.4. The van der Waals surface area contributed by atoms with Crippen LogP contribution in [0.3, 0.4) is 0 Å². The highest BCUT2D eigenvalue weighted by molar-refractivity contribution is 6.99. The van der Waals surface area contributed by atoms with Crippen molar-refractivity contribution in [1.29, 1.82) is 0 Å². The van der Waals surface area contributed by atoms with Crippen molar-refractivity contribution in [2.75, 3.05) is 0 Å². The van der Waals surface area contributed by atoms with Gasteiger partial charge < -0.3 is 9.63 Å². The third-order valence-electron chi connectivity index (χ3n) is 6.16. The van der Waals surface area contributed by atoms with Gasteiger partial charge in [0, 0.05) is 5.56 Å². The van der Waals surface area contributed by atoms with Crippen molar-refractivity contribution in [3.05, 3.63) is 114 Å². The summed E-state index contributed by atoms with van der Waals surface area (Å²) in [5, 5.41) is 15.3. The fourth-order valence-electron chi connectivity index (χ4n) is 4.55. The molecule has 3 rings (SSSR count). The van der Waals surface area contributed by atoms with Crippen molar-refractivity contribution < 1.29 is 9.16 Å². The predicted molar refractivity (Wildman–Crippen MR) is 146 cm³/mol. The molecule has 34 heavy (non-hydrogen) atoms. The van der Waals surface area contributed by atoms with E-state index in [1.54, 1.807) is 6.21 Å². The lowest BCUT2D eigenvalue weighted by molar-refractivity contribution is -0.472. The van der Waals surface area contributed by atoms with E-state index in [4.69, 9.17) is 4.43 Å². The molecule has 0 aromatic heterocycles. The van der Waals surface area contributed by atoms with Gasteiger partial charge in [0.25, 0.3) is 8.32 Å². The zero-order chi connectivity index (χ0) is 24.4. The number of rotatable bonds is 11. The van der Waals surface area contributed by atoms with E-state index in [-0.39, 0.29) is 11.1 Å². The standard InChI is InChI=1S/C30H37NO2Si/c1-5-6-10-19-27(25-31(32)24-26-17-11-7-12-18-26)33-34(30(2,3)4,28-20-13-8-14-21-28)29-22-15-9-16-23-29/h5,7-9,11-18,20-23,25,27H,1,6,10,19,24H2,2-4H3/b31-25-/t27-/m0/s1. The van der Waals surface area contributed by atoms with Crippen LogP contribution in [0.15, 0.2) is 104 Å². The molecule has 0 saturated heterocycles. The Balaban J connectivity index is 2.06. The van der Waals surface area contributed by atoms with Gasteiger partial charge in [0.15, 0.2) is 12.8 Å². The second-order valence-electron chi connectivity index (χ2n) is 9.75. The van der Waals surface area contributed by atoms with E-state index in [0.29, 0.717) is 6.54 Å². The fourth-order valence-corrected chi connectivity index (χ4v) is 9.19. The molecule has 0 unspecified atom stereocenters. The lowest BCUT2D eigenvalue weighted by Gasteiger charge is -2.44. The molecule has 3 aromatic rings. The first-order valence-corrected chi connectivity index (χ1v) is 14.0. The highest BCUT2D eigenvalue weighted by Gasteiger charge is 2.51. The molecule has 0 spiro atoms. The van der Waals surface area contributed by atoms with E-state index in [1.807, 2.05) is 48.5 Å². The maximum absolute atomic E-state index is 13.0. The number of allylic oxidation sites excluding steroid dienone is 1. The highest BCUT2D eigenvalue weighted by Crippen LogP contribution is 2.37. The van der Waals surface area contributed by atoms with Crippen LogP contribution in [0.5, 0.6) is 0 Å². The van der Waals surface area contributed by atoms with Crippen molar-refractivity contribution in [3.63, 3.8) is 0 Å². The van der Waals surface area contributed by atoms with Crippen LogP contribution in [0.4, 0.5) is 0 Å². The first-order chi connectivity index (χ1) is 16.4. The molecular weight excluding hydrogens is 434 g/mol. The van der Waals surface area contributed by atoms with Gasteiger partial charge in [-0.05, 0) is 34.7 Å². The average Bonchev–Trinajstić information content (AvgIpc) is 2.83. The van der Waals surface area contributed by atoms with Gasteiger partial charge in [-0.25, -0.2) is 4.74 Å². The van der Waals surface area contributed by atoms with Crippen molar-refractivity contribution in [3.8, 4) is 0 Å². The summed E-state index contributed by atoms with van der Waals surface area (Å²) in [5.41, 5.74) is 0.990.